The van der Waals surface area contributed by atoms with E-state index >= 15 is 0 Å². The van der Waals surface area contributed by atoms with Crippen molar-refractivity contribution in [3.63, 3.8) is 0 Å². The van der Waals surface area contributed by atoms with Gasteiger partial charge in [-0.15, -0.1) is 0 Å². The van der Waals surface area contributed by atoms with Crippen molar-refractivity contribution >= 4 is 16.7 Å². The molecule has 1 aliphatic carbocycles. The average Bonchev–Trinajstić information content (AvgIpc) is 3.32. The van der Waals surface area contributed by atoms with Crippen LogP contribution in [0.4, 0.5) is 5.69 Å². The van der Waals surface area contributed by atoms with Crippen LogP contribution in [0.5, 0.6) is 5.75 Å². The first-order valence-electron chi connectivity index (χ1n) is 10.8. The fourth-order valence-electron chi connectivity index (χ4n) is 4.44. The molecule has 6 nitrogen and oxygen atoms in total. The fraction of sp³-hybridized carbons (Fsp3) is 0.591. The maximum atomic E-state index is 12.1. The van der Waals surface area contributed by atoms with Gasteiger partial charge in [-0.05, 0) is 51.2 Å². The zero-order valence-corrected chi connectivity index (χ0v) is 18.2. The minimum Gasteiger partial charge on any atom is -0.491 e. The summed E-state index contributed by atoms with van der Waals surface area (Å²) in [5.74, 6) is 1.77. The highest BCUT2D eigenvalue weighted by atomic mass is 32.2. The number of benzene rings is 1. The Bertz CT molecular complexity index is 924. The summed E-state index contributed by atoms with van der Waals surface area (Å²) in [6.07, 6.45) is 9.75. The number of aromatic nitrogens is 2. The Morgan fingerprint density at radius 1 is 1.28 bits per heavy atom. The quantitative estimate of drug-likeness (QED) is 0.727. The van der Waals surface area contributed by atoms with Gasteiger partial charge in [-0.3, -0.25) is 4.68 Å². The zero-order chi connectivity index (χ0) is 20.0. The number of hydrogen-bond donors (Lipinski definition) is 0. The third-order valence-corrected chi connectivity index (χ3v) is 8.10. The van der Waals surface area contributed by atoms with Crippen LogP contribution in [0.15, 0.2) is 24.5 Å². The zero-order valence-electron chi connectivity index (χ0n) is 17.3. The van der Waals surface area contributed by atoms with E-state index in [1.807, 2.05) is 10.5 Å². The summed E-state index contributed by atoms with van der Waals surface area (Å²) < 4.78 is 22.6. The van der Waals surface area contributed by atoms with Gasteiger partial charge in [-0.1, -0.05) is 0 Å². The van der Waals surface area contributed by atoms with Crippen molar-refractivity contribution in [2.75, 3.05) is 37.4 Å². The second kappa shape index (κ2) is 7.76. The molecule has 1 saturated carbocycles. The molecule has 3 aliphatic rings. The molecule has 2 atom stereocenters. The lowest BCUT2D eigenvalue weighted by molar-refractivity contribution is 0.281. The third kappa shape index (κ3) is 3.70. The Kier molecular flexibility index (Phi) is 5.12. The Morgan fingerprint density at radius 3 is 2.90 bits per heavy atom. The third-order valence-electron chi connectivity index (χ3n) is 6.52. The van der Waals surface area contributed by atoms with E-state index in [0.717, 1.165) is 48.4 Å². The summed E-state index contributed by atoms with van der Waals surface area (Å²) in [6.45, 7) is 4.46. The van der Waals surface area contributed by atoms with Gasteiger partial charge in [0.25, 0.3) is 0 Å². The van der Waals surface area contributed by atoms with Crippen LogP contribution < -0.4 is 9.64 Å². The molecule has 2 fully saturated rings. The molecule has 1 saturated heterocycles. The highest BCUT2D eigenvalue weighted by molar-refractivity contribution is 7.82. The van der Waals surface area contributed by atoms with Crippen LogP contribution in [0.2, 0.25) is 0 Å². The minimum atomic E-state index is -0.836. The van der Waals surface area contributed by atoms with Crippen molar-refractivity contribution in [1.82, 2.24) is 14.1 Å². The van der Waals surface area contributed by atoms with Crippen LogP contribution in [0.25, 0.3) is 11.1 Å². The van der Waals surface area contributed by atoms with Crippen molar-refractivity contribution < 1.29 is 8.95 Å². The smallest absolute Gasteiger partial charge is 0.132 e. The second-order valence-corrected chi connectivity index (χ2v) is 10.1. The molecule has 3 heterocycles. The standard InChI is InChI=1S/C22H30N4O2S/c1-16-4-7-20-21(24(16)2)9-8-19(17-14-23-26(15-17)18-5-6-18)22(20)28-12-11-25-10-3-13-29(25)27/h8-9,14-16,18H,3-7,10-13H2,1-2H3. The number of ether oxygens (including phenoxy) is 1. The fourth-order valence-corrected chi connectivity index (χ4v) is 5.69. The van der Waals surface area contributed by atoms with E-state index in [-0.39, 0.29) is 0 Å². The largest absolute Gasteiger partial charge is 0.491 e. The van der Waals surface area contributed by atoms with Gasteiger partial charge in [0.2, 0.25) is 0 Å². The molecule has 1 aromatic carbocycles. The lowest BCUT2D eigenvalue weighted by atomic mass is 9.93. The lowest BCUT2D eigenvalue weighted by Gasteiger charge is -2.35. The highest BCUT2D eigenvalue weighted by Gasteiger charge is 2.28. The average molecular weight is 415 g/mol. The van der Waals surface area contributed by atoms with Gasteiger partial charge >= 0.3 is 0 Å². The van der Waals surface area contributed by atoms with Crippen LogP contribution in [0, 0.1) is 0 Å². The lowest BCUT2D eigenvalue weighted by Crippen LogP contribution is -2.34. The SMILES string of the molecule is CC1CCc2c(ccc(-c3cnn(C4CC4)c3)c2OCCN2CCCS2=O)N1C. The summed E-state index contributed by atoms with van der Waals surface area (Å²) in [7, 11) is 1.34. The van der Waals surface area contributed by atoms with Crippen molar-refractivity contribution in [3.8, 4) is 16.9 Å². The molecule has 0 spiro atoms. The molecule has 2 aromatic rings. The number of nitrogens with zero attached hydrogens (tertiary/aromatic N) is 4. The highest BCUT2D eigenvalue weighted by Crippen LogP contribution is 2.43. The Morgan fingerprint density at radius 2 is 2.14 bits per heavy atom. The van der Waals surface area contributed by atoms with E-state index in [9.17, 15) is 4.21 Å². The molecule has 5 rings (SSSR count). The van der Waals surface area contributed by atoms with E-state index in [4.69, 9.17) is 4.74 Å². The van der Waals surface area contributed by atoms with Crippen LogP contribution in [-0.4, -0.2) is 56.8 Å². The van der Waals surface area contributed by atoms with Gasteiger partial charge in [0.1, 0.15) is 12.4 Å². The Balaban J connectivity index is 1.45. The van der Waals surface area contributed by atoms with Gasteiger partial charge in [0, 0.05) is 60.5 Å². The maximum Gasteiger partial charge on any atom is 0.132 e. The minimum absolute atomic E-state index is 0.533. The maximum absolute atomic E-state index is 12.1. The van der Waals surface area contributed by atoms with Crippen LogP contribution >= 0.6 is 0 Å². The first kappa shape index (κ1) is 19.1. The summed E-state index contributed by atoms with van der Waals surface area (Å²) in [6, 6.07) is 5.52. The van der Waals surface area contributed by atoms with E-state index in [2.05, 4.69) is 47.0 Å². The summed E-state index contributed by atoms with van der Waals surface area (Å²) in [5, 5.41) is 4.59. The summed E-state index contributed by atoms with van der Waals surface area (Å²) in [4.78, 5) is 2.36. The molecule has 29 heavy (non-hydrogen) atoms. The molecule has 156 valence electrons. The van der Waals surface area contributed by atoms with Crippen molar-refractivity contribution in [2.45, 2.75) is 51.1 Å². The van der Waals surface area contributed by atoms with Crippen LogP contribution in [0.1, 0.15) is 44.2 Å². The monoisotopic (exact) mass is 414 g/mol. The van der Waals surface area contributed by atoms with Gasteiger partial charge in [0.15, 0.2) is 0 Å². The normalized spacial score (nSPS) is 24.7. The van der Waals surface area contributed by atoms with Crippen LogP contribution in [-0.2, 0) is 17.4 Å². The first-order valence-corrected chi connectivity index (χ1v) is 12.1. The summed E-state index contributed by atoms with van der Waals surface area (Å²) >= 11 is 0. The molecule has 0 radical (unpaired) electrons. The number of anilines is 1. The Hall–Kier alpha value is -1.86. The van der Waals surface area contributed by atoms with E-state index in [1.54, 1.807) is 0 Å². The predicted octanol–water partition coefficient (Wildman–Crippen LogP) is 3.40. The van der Waals surface area contributed by atoms with Crippen LogP contribution in [0.3, 0.4) is 0 Å². The first-order chi connectivity index (χ1) is 14.1. The second-order valence-electron chi connectivity index (χ2n) is 8.54. The number of fused-ring (bicyclic) bond motifs is 1. The number of rotatable bonds is 6. The van der Waals surface area contributed by atoms with Crippen molar-refractivity contribution in [1.29, 1.82) is 0 Å². The molecule has 0 N–H and O–H groups in total. The van der Waals surface area contributed by atoms with Crippen molar-refractivity contribution in [2.24, 2.45) is 0 Å². The molecule has 1 aromatic heterocycles. The van der Waals surface area contributed by atoms with E-state index in [0.29, 0.717) is 25.2 Å². The Labute approximate surface area is 175 Å². The van der Waals surface area contributed by atoms with E-state index < -0.39 is 11.0 Å². The number of hydrogen-bond acceptors (Lipinski definition) is 4. The molecule has 0 bridgehead atoms. The van der Waals surface area contributed by atoms with Gasteiger partial charge in [0.05, 0.1) is 23.2 Å². The predicted molar refractivity (Wildman–Crippen MR) is 117 cm³/mol. The molecule has 7 heteroatoms. The van der Waals surface area contributed by atoms with Gasteiger partial charge < -0.3 is 9.64 Å². The topological polar surface area (TPSA) is 50.6 Å². The van der Waals surface area contributed by atoms with Gasteiger partial charge in [-0.2, -0.15) is 5.10 Å². The van der Waals surface area contributed by atoms with E-state index in [1.165, 1.54) is 24.1 Å². The van der Waals surface area contributed by atoms with Crippen molar-refractivity contribution in [3.05, 3.63) is 30.1 Å². The molecular weight excluding hydrogens is 384 g/mol. The summed E-state index contributed by atoms with van der Waals surface area (Å²) in [5.41, 5.74) is 4.81. The van der Waals surface area contributed by atoms with Gasteiger partial charge in [-0.25, -0.2) is 8.51 Å². The molecule has 2 aliphatic heterocycles. The molecule has 0 amide bonds. The molecule has 2 unspecified atom stereocenters. The molecular formula is C22H30N4O2S.